The molecule has 0 aliphatic heterocycles. The van der Waals surface area contributed by atoms with Gasteiger partial charge in [0.1, 0.15) is 24.4 Å². The molecule has 0 radical (unpaired) electrons. The summed E-state index contributed by atoms with van der Waals surface area (Å²) >= 11 is 0. The third-order valence-electron chi connectivity index (χ3n) is 1.84. The highest BCUT2D eigenvalue weighted by molar-refractivity contribution is 5.86. The first-order valence-electron chi connectivity index (χ1n) is 4.13. The van der Waals surface area contributed by atoms with Crippen LogP contribution in [0.4, 0.5) is 0 Å². The van der Waals surface area contributed by atoms with Gasteiger partial charge in [0.25, 0.3) is 0 Å². The quantitative estimate of drug-likeness (QED) is 0.221. The number of Topliss-reactive ketones (excluding diaryl/α,β-unsaturated/α-hetero) is 1. The Bertz CT molecular complexity index is 210. The highest BCUT2D eigenvalue weighted by Gasteiger charge is 2.35. The van der Waals surface area contributed by atoms with Crippen LogP contribution in [-0.4, -0.2) is 73.7 Å². The topological polar surface area (TPSA) is 164 Å². The first-order chi connectivity index (χ1) is 6.82. The van der Waals surface area contributed by atoms with Crippen LogP contribution >= 0.6 is 0 Å². The summed E-state index contributed by atoms with van der Waals surface area (Å²) in [7, 11) is 0. The molecule has 0 aliphatic carbocycles. The maximum Gasteiger partial charge on any atom is 0.206 e. The molecule has 0 amide bonds. The van der Waals surface area contributed by atoms with Crippen molar-refractivity contribution in [2.45, 2.75) is 30.6 Å². The van der Waals surface area contributed by atoms with Gasteiger partial charge in [-0.05, 0) is 0 Å². The van der Waals surface area contributed by atoms with Crippen molar-refractivity contribution in [1.29, 1.82) is 0 Å². The molecule has 15 heavy (non-hydrogen) atoms. The number of rotatable bonds is 6. The molecule has 0 aliphatic rings. The predicted molar refractivity (Wildman–Crippen MR) is 46.3 cm³/mol. The van der Waals surface area contributed by atoms with Gasteiger partial charge in [0.15, 0.2) is 6.23 Å². The molecule has 0 heterocycles. The molecule has 8 nitrogen and oxygen atoms in total. The van der Waals surface area contributed by atoms with E-state index < -0.39 is 43.0 Å². The summed E-state index contributed by atoms with van der Waals surface area (Å²) in [5, 5.41) is 53.2. The lowest BCUT2D eigenvalue weighted by Gasteiger charge is -2.25. The molecular formula is C7H15NO7. The summed E-state index contributed by atoms with van der Waals surface area (Å²) in [6.07, 6.45) is -9.81. The second kappa shape index (κ2) is 6.08. The second-order valence-corrected chi connectivity index (χ2v) is 3.02. The first kappa shape index (κ1) is 14.4. The minimum Gasteiger partial charge on any atom is -0.394 e. The fourth-order valence-electron chi connectivity index (χ4n) is 0.866. The number of aliphatic hydroxyl groups excluding tert-OH is 6. The van der Waals surface area contributed by atoms with Crippen LogP contribution < -0.4 is 5.73 Å². The summed E-state index contributed by atoms with van der Waals surface area (Å²) in [5.74, 6) is -1.30. The Hall–Kier alpha value is -0.610. The number of nitrogens with two attached hydrogens (primary N) is 1. The van der Waals surface area contributed by atoms with Gasteiger partial charge in [-0.25, -0.2) is 0 Å². The molecule has 8 N–H and O–H groups in total. The fraction of sp³-hybridized carbons (Fsp3) is 0.857. The van der Waals surface area contributed by atoms with Crippen LogP contribution in [0.15, 0.2) is 0 Å². The van der Waals surface area contributed by atoms with Gasteiger partial charge in [-0.2, -0.15) is 0 Å². The molecule has 0 aromatic rings. The van der Waals surface area contributed by atoms with Crippen molar-refractivity contribution < 1.29 is 35.4 Å². The fourth-order valence-corrected chi connectivity index (χ4v) is 0.866. The largest absolute Gasteiger partial charge is 0.394 e. The molecule has 0 saturated heterocycles. The molecule has 5 atom stereocenters. The van der Waals surface area contributed by atoms with Crippen molar-refractivity contribution in [2.24, 2.45) is 5.73 Å². The maximum atomic E-state index is 10.9. The summed E-state index contributed by atoms with van der Waals surface area (Å²) in [5.41, 5.74) is 4.72. The smallest absolute Gasteiger partial charge is 0.206 e. The van der Waals surface area contributed by atoms with E-state index in [2.05, 4.69) is 0 Å². The van der Waals surface area contributed by atoms with Gasteiger partial charge in [0.2, 0.25) is 5.78 Å². The van der Waals surface area contributed by atoms with Crippen molar-refractivity contribution >= 4 is 5.78 Å². The number of hydrogen-bond donors (Lipinski definition) is 7. The van der Waals surface area contributed by atoms with Crippen molar-refractivity contribution in [2.75, 3.05) is 6.61 Å². The maximum absolute atomic E-state index is 10.9. The average Bonchev–Trinajstić information content (AvgIpc) is 2.23. The number of hydrogen-bond acceptors (Lipinski definition) is 8. The van der Waals surface area contributed by atoms with E-state index in [-0.39, 0.29) is 0 Å². The molecule has 90 valence electrons. The molecule has 8 heteroatoms. The third-order valence-corrected chi connectivity index (χ3v) is 1.84. The molecule has 0 bridgehead atoms. The zero-order valence-corrected chi connectivity index (χ0v) is 7.76. The molecule has 0 aromatic carbocycles. The van der Waals surface area contributed by atoms with Crippen LogP contribution in [0.3, 0.4) is 0 Å². The van der Waals surface area contributed by atoms with Crippen LogP contribution in [0.2, 0.25) is 0 Å². The van der Waals surface area contributed by atoms with E-state index in [9.17, 15) is 4.79 Å². The van der Waals surface area contributed by atoms with E-state index >= 15 is 0 Å². The standard InChI is InChI=1S/C7H15NO7/c8-7(15)6(14)5(13)4(12)3(11)2(10)1-9/h2-5,7,9-13,15H,1,8H2/t2-,3-,4+,5+,7?/m1/s1. The van der Waals surface area contributed by atoms with E-state index in [0.29, 0.717) is 0 Å². The number of ketones is 1. The Labute approximate surface area is 85.2 Å². The predicted octanol–water partition coefficient (Wildman–Crippen LogP) is -4.73. The summed E-state index contributed by atoms with van der Waals surface area (Å²) < 4.78 is 0. The number of carbonyl (C=O) groups excluding carboxylic acids is 1. The normalized spacial score (nSPS) is 21.5. The van der Waals surface area contributed by atoms with Crippen molar-refractivity contribution in [1.82, 2.24) is 0 Å². The Kier molecular flexibility index (Phi) is 5.83. The highest BCUT2D eigenvalue weighted by atomic mass is 16.4. The SMILES string of the molecule is NC(O)C(=O)[C@@H](O)[C@@H](O)[C@H](O)[C@H](O)CO. The van der Waals surface area contributed by atoms with E-state index in [1.807, 2.05) is 0 Å². The first-order valence-corrected chi connectivity index (χ1v) is 4.13. The van der Waals surface area contributed by atoms with Crippen LogP contribution in [0.25, 0.3) is 0 Å². The Morgan fingerprint density at radius 3 is 1.87 bits per heavy atom. The van der Waals surface area contributed by atoms with Crippen LogP contribution in [0.1, 0.15) is 0 Å². The van der Waals surface area contributed by atoms with Crippen LogP contribution in [-0.2, 0) is 4.79 Å². The van der Waals surface area contributed by atoms with Crippen molar-refractivity contribution in [3.63, 3.8) is 0 Å². The molecule has 0 rings (SSSR count). The third kappa shape index (κ3) is 3.80. The highest BCUT2D eigenvalue weighted by Crippen LogP contribution is 2.06. The lowest BCUT2D eigenvalue weighted by Crippen LogP contribution is -2.52. The Balaban J connectivity index is 4.43. The molecule has 1 unspecified atom stereocenters. The number of carbonyl (C=O) groups is 1. The van der Waals surface area contributed by atoms with Gasteiger partial charge in [-0.3, -0.25) is 10.5 Å². The lowest BCUT2D eigenvalue weighted by atomic mass is 10.00. The van der Waals surface area contributed by atoms with Gasteiger partial charge in [-0.15, -0.1) is 0 Å². The van der Waals surface area contributed by atoms with Gasteiger partial charge < -0.3 is 30.6 Å². The van der Waals surface area contributed by atoms with Gasteiger partial charge in [0.05, 0.1) is 6.61 Å². The zero-order valence-electron chi connectivity index (χ0n) is 7.76. The summed E-state index contributed by atoms with van der Waals surface area (Å²) in [6.45, 7) is -0.857. The molecule has 0 aromatic heterocycles. The van der Waals surface area contributed by atoms with Crippen LogP contribution in [0.5, 0.6) is 0 Å². The van der Waals surface area contributed by atoms with Crippen molar-refractivity contribution in [3.05, 3.63) is 0 Å². The molecule has 0 fully saturated rings. The monoisotopic (exact) mass is 225 g/mol. The lowest BCUT2D eigenvalue weighted by molar-refractivity contribution is -0.153. The zero-order chi connectivity index (χ0) is 12.2. The van der Waals surface area contributed by atoms with E-state index in [0.717, 1.165) is 0 Å². The van der Waals surface area contributed by atoms with Gasteiger partial charge in [0, 0.05) is 0 Å². The Morgan fingerprint density at radius 1 is 1.07 bits per heavy atom. The minimum absolute atomic E-state index is 0.857. The minimum atomic E-state index is -2.14. The van der Waals surface area contributed by atoms with Gasteiger partial charge >= 0.3 is 0 Å². The van der Waals surface area contributed by atoms with Crippen molar-refractivity contribution in [3.8, 4) is 0 Å². The van der Waals surface area contributed by atoms with E-state index in [1.165, 1.54) is 0 Å². The van der Waals surface area contributed by atoms with Gasteiger partial charge in [-0.1, -0.05) is 0 Å². The molecule has 0 spiro atoms. The average molecular weight is 225 g/mol. The van der Waals surface area contributed by atoms with Crippen LogP contribution in [0, 0.1) is 0 Å². The van der Waals surface area contributed by atoms with E-state index in [4.69, 9.17) is 36.4 Å². The molecular weight excluding hydrogens is 210 g/mol. The second-order valence-electron chi connectivity index (χ2n) is 3.02. The summed E-state index contributed by atoms with van der Waals surface area (Å²) in [4.78, 5) is 10.9. The molecule has 0 saturated carbocycles. The number of aliphatic hydroxyl groups is 6. The Morgan fingerprint density at radius 2 is 1.53 bits per heavy atom. The van der Waals surface area contributed by atoms with E-state index in [1.54, 1.807) is 0 Å². The summed E-state index contributed by atoms with van der Waals surface area (Å²) in [6, 6.07) is 0.